The number of methoxy groups -OCH3 is 1. The standard InChI is InChI=1S/C18H18F3NO3S/c1-25-15-7-2-5-13(11-15)17-9-4-10-22(17)26(23,24)16-8-3-6-14(12-16)18(19,20)21/h2-3,5-8,11-12,17H,4,9-10H2,1H3. The average molecular weight is 385 g/mol. The third-order valence-corrected chi connectivity index (χ3v) is 6.35. The Balaban J connectivity index is 1.98. The molecule has 0 amide bonds. The lowest BCUT2D eigenvalue weighted by Crippen LogP contribution is -2.31. The van der Waals surface area contributed by atoms with E-state index in [-0.39, 0.29) is 11.4 Å². The molecule has 0 spiro atoms. The molecule has 1 saturated heterocycles. The normalized spacial score (nSPS) is 18.8. The number of benzene rings is 2. The summed E-state index contributed by atoms with van der Waals surface area (Å²) in [6, 6.07) is 10.5. The zero-order valence-electron chi connectivity index (χ0n) is 14.0. The first-order valence-electron chi connectivity index (χ1n) is 8.06. The predicted octanol–water partition coefficient (Wildman–Crippen LogP) is 4.24. The van der Waals surface area contributed by atoms with Crippen LogP contribution in [0.4, 0.5) is 13.2 Å². The summed E-state index contributed by atoms with van der Waals surface area (Å²) in [5.41, 5.74) is -0.215. The van der Waals surface area contributed by atoms with Gasteiger partial charge < -0.3 is 4.74 Å². The van der Waals surface area contributed by atoms with Gasteiger partial charge in [0.15, 0.2) is 0 Å². The zero-order valence-corrected chi connectivity index (χ0v) is 14.8. The number of rotatable bonds is 4. The fraction of sp³-hybridized carbons (Fsp3) is 0.333. The highest BCUT2D eigenvalue weighted by molar-refractivity contribution is 7.89. The van der Waals surface area contributed by atoms with E-state index >= 15 is 0 Å². The fourth-order valence-corrected chi connectivity index (χ4v) is 4.91. The Labute approximate surface area is 150 Å². The predicted molar refractivity (Wildman–Crippen MR) is 90.3 cm³/mol. The van der Waals surface area contributed by atoms with Gasteiger partial charge in [0.1, 0.15) is 5.75 Å². The summed E-state index contributed by atoms with van der Waals surface area (Å²) in [7, 11) is -2.53. The third kappa shape index (κ3) is 3.57. The van der Waals surface area contributed by atoms with Crippen molar-refractivity contribution in [3.8, 4) is 5.75 Å². The number of hydrogen-bond acceptors (Lipinski definition) is 3. The van der Waals surface area contributed by atoms with Crippen LogP contribution in [-0.2, 0) is 16.2 Å². The molecule has 0 aliphatic carbocycles. The molecule has 1 fully saturated rings. The van der Waals surface area contributed by atoms with Gasteiger partial charge in [0.05, 0.1) is 23.6 Å². The number of alkyl halides is 3. The van der Waals surface area contributed by atoms with Crippen molar-refractivity contribution in [1.82, 2.24) is 4.31 Å². The lowest BCUT2D eigenvalue weighted by molar-refractivity contribution is -0.137. The van der Waals surface area contributed by atoms with E-state index in [0.717, 1.165) is 17.7 Å². The topological polar surface area (TPSA) is 46.6 Å². The van der Waals surface area contributed by atoms with E-state index in [1.165, 1.54) is 17.5 Å². The Morgan fingerprint density at radius 3 is 2.54 bits per heavy atom. The maximum Gasteiger partial charge on any atom is 0.416 e. The van der Waals surface area contributed by atoms with Crippen LogP contribution in [0.25, 0.3) is 0 Å². The molecule has 3 rings (SSSR count). The molecule has 0 bridgehead atoms. The fourth-order valence-electron chi connectivity index (χ4n) is 3.18. The van der Waals surface area contributed by atoms with Crippen LogP contribution in [-0.4, -0.2) is 26.4 Å². The number of sulfonamides is 1. The van der Waals surface area contributed by atoms with Crippen molar-refractivity contribution < 1.29 is 26.3 Å². The summed E-state index contributed by atoms with van der Waals surface area (Å²) < 4.78 is 71.2. The van der Waals surface area contributed by atoms with Gasteiger partial charge >= 0.3 is 6.18 Å². The molecule has 140 valence electrons. The molecule has 0 N–H and O–H groups in total. The largest absolute Gasteiger partial charge is 0.497 e. The molecule has 1 atom stereocenters. The molecule has 26 heavy (non-hydrogen) atoms. The van der Waals surface area contributed by atoms with Gasteiger partial charge in [-0.05, 0) is 48.7 Å². The van der Waals surface area contributed by atoms with Gasteiger partial charge in [-0.1, -0.05) is 18.2 Å². The number of halogens is 3. The van der Waals surface area contributed by atoms with Gasteiger partial charge in [-0.15, -0.1) is 0 Å². The molecular weight excluding hydrogens is 367 g/mol. The molecule has 4 nitrogen and oxygen atoms in total. The second-order valence-corrected chi connectivity index (χ2v) is 7.97. The van der Waals surface area contributed by atoms with E-state index in [9.17, 15) is 21.6 Å². The second kappa shape index (κ2) is 6.92. The Hall–Kier alpha value is -2.06. The average Bonchev–Trinajstić information content (AvgIpc) is 3.12. The van der Waals surface area contributed by atoms with Gasteiger partial charge in [0.2, 0.25) is 10.0 Å². The van der Waals surface area contributed by atoms with E-state index in [4.69, 9.17) is 4.74 Å². The first kappa shape index (κ1) is 18.7. The zero-order chi connectivity index (χ0) is 18.9. The summed E-state index contributed by atoms with van der Waals surface area (Å²) in [5, 5.41) is 0. The molecule has 0 saturated carbocycles. The van der Waals surface area contributed by atoms with Crippen LogP contribution in [0.2, 0.25) is 0 Å². The van der Waals surface area contributed by atoms with Crippen LogP contribution < -0.4 is 4.74 Å². The molecule has 1 aliphatic heterocycles. The minimum Gasteiger partial charge on any atom is -0.497 e. The van der Waals surface area contributed by atoms with Gasteiger partial charge in [-0.3, -0.25) is 0 Å². The number of ether oxygens (including phenoxy) is 1. The lowest BCUT2D eigenvalue weighted by Gasteiger charge is -2.25. The van der Waals surface area contributed by atoms with E-state index in [1.807, 2.05) is 0 Å². The minimum atomic E-state index is -4.59. The van der Waals surface area contributed by atoms with Gasteiger partial charge in [0, 0.05) is 6.54 Å². The third-order valence-electron chi connectivity index (χ3n) is 4.45. The highest BCUT2D eigenvalue weighted by Gasteiger charge is 2.38. The molecule has 8 heteroatoms. The Morgan fingerprint density at radius 1 is 1.12 bits per heavy atom. The van der Waals surface area contributed by atoms with Gasteiger partial charge in [-0.25, -0.2) is 8.42 Å². The Kier molecular flexibility index (Phi) is 4.98. The molecule has 1 unspecified atom stereocenters. The first-order valence-corrected chi connectivity index (χ1v) is 9.50. The molecule has 1 heterocycles. The quantitative estimate of drug-likeness (QED) is 0.791. The molecule has 1 aliphatic rings. The van der Waals surface area contributed by atoms with Crippen molar-refractivity contribution >= 4 is 10.0 Å². The number of hydrogen-bond donors (Lipinski definition) is 0. The summed E-state index contributed by atoms with van der Waals surface area (Å²) in [5.74, 6) is 0.603. The smallest absolute Gasteiger partial charge is 0.416 e. The van der Waals surface area contributed by atoms with Crippen molar-refractivity contribution in [2.24, 2.45) is 0 Å². The number of nitrogens with zero attached hydrogens (tertiary/aromatic N) is 1. The van der Waals surface area contributed by atoms with Gasteiger partial charge in [0.25, 0.3) is 0 Å². The van der Waals surface area contributed by atoms with Crippen molar-refractivity contribution in [1.29, 1.82) is 0 Å². The summed E-state index contributed by atoms with van der Waals surface area (Å²) in [4.78, 5) is -0.345. The van der Waals surface area contributed by atoms with E-state index < -0.39 is 27.8 Å². The monoisotopic (exact) mass is 385 g/mol. The van der Waals surface area contributed by atoms with Crippen LogP contribution in [0.3, 0.4) is 0 Å². The van der Waals surface area contributed by atoms with Crippen LogP contribution >= 0.6 is 0 Å². The van der Waals surface area contributed by atoms with Crippen LogP contribution in [0, 0.1) is 0 Å². The van der Waals surface area contributed by atoms with Crippen LogP contribution in [0.15, 0.2) is 53.4 Å². The molecule has 0 aromatic heterocycles. The molecule has 0 radical (unpaired) electrons. The summed E-state index contributed by atoms with van der Waals surface area (Å²) >= 11 is 0. The lowest BCUT2D eigenvalue weighted by atomic mass is 10.1. The van der Waals surface area contributed by atoms with E-state index in [0.29, 0.717) is 24.7 Å². The highest BCUT2D eigenvalue weighted by atomic mass is 32.2. The van der Waals surface area contributed by atoms with E-state index in [1.54, 1.807) is 24.3 Å². The van der Waals surface area contributed by atoms with Crippen molar-refractivity contribution in [3.63, 3.8) is 0 Å². The minimum absolute atomic E-state index is 0.264. The maximum absolute atomic E-state index is 13.0. The van der Waals surface area contributed by atoms with Crippen molar-refractivity contribution in [3.05, 3.63) is 59.7 Å². The van der Waals surface area contributed by atoms with Crippen LogP contribution in [0.1, 0.15) is 30.0 Å². The SMILES string of the molecule is COc1cccc(C2CCCN2S(=O)(=O)c2cccc(C(F)(F)F)c2)c1. The van der Waals surface area contributed by atoms with Crippen molar-refractivity contribution in [2.75, 3.05) is 13.7 Å². The molecule has 2 aromatic rings. The maximum atomic E-state index is 13.0. The Morgan fingerprint density at radius 2 is 1.85 bits per heavy atom. The Bertz CT molecular complexity index is 897. The highest BCUT2D eigenvalue weighted by Crippen LogP contribution is 2.38. The summed E-state index contributed by atoms with van der Waals surface area (Å²) in [6.45, 7) is 0.264. The second-order valence-electron chi connectivity index (χ2n) is 6.08. The van der Waals surface area contributed by atoms with Crippen LogP contribution in [0.5, 0.6) is 5.75 Å². The first-order chi connectivity index (χ1) is 12.2. The van der Waals surface area contributed by atoms with E-state index in [2.05, 4.69) is 0 Å². The van der Waals surface area contributed by atoms with Crippen molar-refractivity contribution in [2.45, 2.75) is 30.0 Å². The molecular formula is C18H18F3NO3S. The van der Waals surface area contributed by atoms with Gasteiger partial charge in [-0.2, -0.15) is 17.5 Å². The molecule has 2 aromatic carbocycles. The summed E-state index contributed by atoms with van der Waals surface area (Å²) in [6.07, 6.45) is -3.35.